The Hall–Kier alpha value is -4.07. The number of amides is 2. The summed E-state index contributed by atoms with van der Waals surface area (Å²) in [5.41, 5.74) is 4.70. The van der Waals surface area contributed by atoms with Gasteiger partial charge in [-0.3, -0.25) is 9.59 Å². The average Bonchev–Trinajstić information content (AvgIpc) is 3.48. The molecule has 2 N–H and O–H groups in total. The van der Waals surface area contributed by atoms with E-state index in [4.69, 9.17) is 0 Å². The van der Waals surface area contributed by atoms with Crippen molar-refractivity contribution in [3.05, 3.63) is 83.3 Å². The van der Waals surface area contributed by atoms with Gasteiger partial charge in [-0.05, 0) is 66.6 Å². The van der Waals surface area contributed by atoms with Crippen LogP contribution in [-0.2, 0) is 4.79 Å². The van der Waals surface area contributed by atoms with Crippen molar-refractivity contribution in [2.24, 2.45) is 5.92 Å². The van der Waals surface area contributed by atoms with Crippen molar-refractivity contribution < 1.29 is 14.0 Å². The second-order valence-electron chi connectivity index (χ2n) is 8.72. The Morgan fingerprint density at radius 3 is 2.68 bits per heavy atom. The quantitative estimate of drug-likeness (QED) is 0.451. The molecule has 0 bridgehead atoms. The average molecular weight is 458 g/mol. The SMILES string of the molecule is CC(=O)Nc1cn2nc(-c3ccc(C)c(C(=O)NC[C@H]4C[C@@H]4c4ccc(F)cc4)c3)ccc2n1. The molecule has 1 aliphatic rings. The van der Waals surface area contributed by atoms with Gasteiger partial charge in [0.25, 0.3) is 5.91 Å². The number of anilines is 1. The summed E-state index contributed by atoms with van der Waals surface area (Å²) >= 11 is 0. The van der Waals surface area contributed by atoms with Crippen molar-refractivity contribution in [2.45, 2.75) is 26.2 Å². The second kappa shape index (κ2) is 8.70. The Morgan fingerprint density at radius 2 is 1.91 bits per heavy atom. The molecule has 0 saturated heterocycles. The third kappa shape index (κ3) is 4.52. The van der Waals surface area contributed by atoms with Gasteiger partial charge in [0.05, 0.1) is 11.9 Å². The highest BCUT2D eigenvalue weighted by molar-refractivity contribution is 5.96. The van der Waals surface area contributed by atoms with E-state index < -0.39 is 0 Å². The van der Waals surface area contributed by atoms with Crippen LogP contribution in [-0.4, -0.2) is 33.0 Å². The standard InChI is InChI=1S/C26H24FN5O2/c1-15-3-4-18(23-9-10-25-30-24(29-16(2)33)14-32(25)31-23)11-21(15)26(34)28-13-19-12-22(19)17-5-7-20(27)8-6-17/h3-11,14,19,22H,12-13H2,1-2H3,(H,28,34)(H,29,33)/t19-,22-/m1/s1. The summed E-state index contributed by atoms with van der Waals surface area (Å²) in [7, 11) is 0. The maximum absolute atomic E-state index is 13.1. The summed E-state index contributed by atoms with van der Waals surface area (Å²) < 4.78 is 14.7. The molecule has 0 unspecified atom stereocenters. The van der Waals surface area contributed by atoms with Crippen molar-refractivity contribution in [3.8, 4) is 11.3 Å². The van der Waals surface area contributed by atoms with Gasteiger partial charge in [-0.2, -0.15) is 5.10 Å². The molecular weight excluding hydrogens is 433 g/mol. The summed E-state index contributed by atoms with van der Waals surface area (Å²) in [6.45, 7) is 3.91. The van der Waals surface area contributed by atoms with E-state index in [0.29, 0.717) is 41.1 Å². The molecule has 172 valence electrons. The van der Waals surface area contributed by atoms with Crippen LogP contribution in [0.5, 0.6) is 0 Å². The van der Waals surface area contributed by atoms with E-state index in [0.717, 1.165) is 23.1 Å². The number of hydrogen-bond donors (Lipinski definition) is 2. The molecule has 2 heterocycles. The first-order valence-corrected chi connectivity index (χ1v) is 11.2. The number of carbonyl (C=O) groups excluding carboxylic acids is 2. The smallest absolute Gasteiger partial charge is 0.251 e. The normalized spacial score (nSPS) is 16.9. The molecule has 7 nitrogen and oxygen atoms in total. The van der Waals surface area contributed by atoms with Crippen LogP contribution in [0.3, 0.4) is 0 Å². The highest BCUT2D eigenvalue weighted by Crippen LogP contribution is 2.46. The number of imidazole rings is 1. The number of rotatable bonds is 6. The van der Waals surface area contributed by atoms with Crippen molar-refractivity contribution in [2.75, 3.05) is 11.9 Å². The molecule has 4 aromatic rings. The molecule has 2 atom stereocenters. The van der Waals surface area contributed by atoms with E-state index in [2.05, 4.69) is 20.7 Å². The van der Waals surface area contributed by atoms with Crippen LogP contribution < -0.4 is 10.6 Å². The minimum atomic E-state index is -0.237. The summed E-state index contributed by atoms with van der Waals surface area (Å²) in [4.78, 5) is 28.5. The van der Waals surface area contributed by atoms with Gasteiger partial charge < -0.3 is 10.6 Å². The number of nitrogens with zero attached hydrogens (tertiary/aromatic N) is 3. The lowest BCUT2D eigenvalue weighted by molar-refractivity contribution is -0.114. The van der Waals surface area contributed by atoms with E-state index >= 15 is 0 Å². The van der Waals surface area contributed by atoms with Crippen molar-refractivity contribution in [1.29, 1.82) is 0 Å². The Morgan fingerprint density at radius 1 is 1.12 bits per heavy atom. The molecule has 1 aliphatic carbocycles. The fraction of sp³-hybridized carbons (Fsp3) is 0.231. The van der Waals surface area contributed by atoms with E-state index in [1.807, 2.05) is 49.4 Å². The molecule has 1 saturated carbocycles. The number of hydrogen-bond acceptors (Lipinski definition) is 4. The third-order valence-electron chi connectivity index (χ3n) is 6.15. The number of carbonyl (C=O) groups is 2. The Bertz CT molecular complexity index is 1400. The molecule has 0 spiro atoms. The van der Waals surface area contributed by atoms with Gasteiger partial charge in [-0.1, -0.05) is 24.3 Å². The van der Waals surface area contributed by atoms with Crippen LogP contribution in [0, 0.1) is 18.7 Å². The Balaban J connectivity index is 1.29. The number of fused-ring (bicyclic) bond motifs is 1. The van der Waals surface area contributed by atoms with Gasteiger partial charge in [-0.15, -0.1) is 0 Å². The first-order chi connectivity index (χ1) is 16.4. The molecule has 0 radical (unpaired) electrons. The van der Waals surface area contributed by atoms with Crippen LogP contribution >= 0.6 is 0 Å². The molecule has 34 heavy (non-hydrogen) atoms. The second-order valence-corrected chi connectivity index (χ2v) is 8.72. The third-order valence-corrected chi connectivity index (χ3v) is 6.15. The van der Waals surface area contributed by atoms with Crippen LogP contribution in [0.25, 0.3) is 16.9 Å². The minimum absolute atomic E-state index is 0.124. The van der Waals surface area contributed by atoms with E-state index in [1.54, 1.807) is 10.7 Å². The van der Waals surface area contributed by atoms with Crippen LogP contribution in [0.2, 0.25) is 0 Å². The summed E-state index contributed by atoms with van der Waals surface area (Å²) in [5, 5.41) is 10.3. The number of aromatic nitrogens is 3. The lowest BCUT2D eigenvalue weighted by Gasteiger charge is -2.10. The Labute approximate surface area is 196 Å². The van der Waals surface area contributed by atoms with Gasteiger partial charge in [0.2, 0.25) is 5.91 Å². The highest BCUT2D eigenvalue weighted by Gasteiger charge is 2.38. The first kappa shape index (κ1) is 21.8. The molecular formula is C26H24FN5O2. The van der Waals surface area contributed by atoms with Crippen molar-refractivity contribution in [3.63, 3.8) is 0 Å². The van der Waals surface area contributed by atoms with E-state index in [-0.39, 0.29) is 17.6 Å². The summed E-state index contributed by atoms with van der Waals surface area (Å²) in [6.07, 6.45) is 2.63. The van der Waals surface area contributed by atoms with Gasteiger partial charge in [0, 0.05) is 24.6 Å². The van der Waals surface area contributed by atoms with Crippen LogP contribution in [0.4, 0.5) is 10.2 Å². The lowest BCUT2D eigenvalue weighted by atomic mass is 10.0. The number of nitrogens with one attached hydrogen (secondary N) is 2. The lowest BCUT2D eigenvalue weighted by Crippen LogP contribution is -2.26. The number of aryl methyl sites for hydroxylation is 1. The molecule has 2 aromatic heterocycles. The van der Waals surface area contributed by atoms with Crippen LogP contribution in [0.1, 0.15) is 40.7 Å². The maximum Gasteiger partial charge on any atom is 0.251 e. The van der Waals surface area contributed by atoms with Gasteiger partial charge in [0.1, 0.15) is 5.82 Å². The molecule has 2 amide bonds. The van der Waals surface area contributed by atoms with E-state index in [1.165, 1.54) is 19.1 Å². The molecule has 1 fully saturated rings. The van der Waals surface area contributed by atoms with Gasteiger partial charge >= 0.3 is 0 Å². The monoisotopic (exact) mass is 457 g/mol. The molecule has 5 rings (SSSR count). The predicted octanol–water partition coefficient (Wildman–Crippen LogP) is 4.34. The largest absolute Gasteiger partial charge is 0.352 e. The van der Waals surface area contributed by atoms with Crippen molar-refractivity contribution in [1.82, 2.24) is 19.9 Å². The predicted molar refractivity (Wildman–Crippen MR) is 127 cm³/mol. The summed E-state index contributed by atoms with van der Waals surface area (Å²) in [6, 6.07) is 15.9. The zero-order valence-corrected chi connectivity index (χ0v) is 18.9. The number of halogens is 1. The van der Waals surface area contributed by atoms with Gasteiger partial charge in [-0.25, -0.2) is 13.9 Å². The Kier molecular flexibility index (Phi) is 5.57. The molecule has 2 aromatic carbocycles. The zero-order chi connectivity index (χ0) is 23.8. The minimum Gasteiger partial charge on any atom is -0.352 e. The topological polar surface area (TPSA) is 88.4 Å². The fourth-order valence-corrected chi connectivity index (χ4v) is 4.21. The molecule has 8 heteroatoms. The molecule has 0 aliphatic heterocycles. The highest BCUT2D eigenvalue weighted by atomic mass is 19.1. The number of benzene rings is 2. The van der Waals surface area contributed by atoms with Gasteiger partial charge in [0.15, 0.2) is 11.5 Å². The fourth-order valence-electron chi connectivity index (χ4n) is 4.21. The first-order valence-electron chi connectivity index (χ1n) is 11.2. The zero-order valence-electron chi connectivity index (χ0n) is 18.9. The van der Waals surface area contributed by atoms with Crippen molar-refractivity contribution >= 4 is 23.3 Å². The summed E-state index contributed by atoms with van der Waals surface area (Å²) in [5.74, 6) is 0.594. The van der Waals surface area contributed by atoms with Crippen LogP contribution in [0.15, 0.2) is 60.8 Å². The van der Waals surface area contributed by atoms with E-state index in [9.17, 15) is 14.0 Å². The maximum atomic E-state index is 13.1.